The number of hydrogen-bond acceptors (Lipinski definition) is 5. The number of carbonyl (C=O) groups excluding carboxylic acids is 1. The summed E-state index contributed by atoms with van der Waals surface area (Å²) in [5, 5.41) is 4.01. The Hall–Kier alpha value is -1.53. The Morgan fingerprint density at radius 1 is 1.41 bits per heavy atom. The van der Waals surface area contributed by atoms with Crippen molar-refractivity contribution in [3.05, 3.63) is 22.0 Å². The minimum Gasteiger partial charge on any atom is -0.376 e. The van der Waals surface area contributed by atoms with Gasteiger partial charge >= 0.3 is 0 Å². The fraction of sp³-hybridized carbons (Fsp3) is 0.562. The van der Waals surface area contributed by atoms with Gasteiger partial charge in [0, 0.05) is 30.7 Å². The van der Waals surface area contributed by atoms with Crippen molar-refractivity contribution < 1.29 is 9.53 Å². The van der Waals surface area contributed by atoms with E-state index in [4.69, 9.17) is 4.74 Å². The number of rotatable bonds is 4. The third-order valence-corrected chi connectivity index (χ3v) is 5.24. The quantitative estimate of drug-likeness (QED) is 0.941. The lowest BCUT2D eigenvalue weighted by molar-refractivity contribution is 0.0860. The summed E-state index contributed by atoms with van der Waals surface area (Å²) in [4.78, 5) is 23.2. The van der Waals surface area contributed by atoms with Gasteiger partial charge in [0.05, 0.1) is 11.0 Å². The molecule has 1 saturated heterocycles. The van der Waals surface area contributed by atoms with E-state index in [1.54, 1.807) is 0 Å². The van der Waals surface area contributed by atoms with Gasteiger partial charge in [-0.15, -0.1) is 11.3 Å². The van der Waals surface area contributed by atoms with Crippen LogP contribution in [0.1, 0.15) is 46.5 Å². The molecular weight excluding hydrogens is 298 g/mol. The molecule has 0 saturated carbocycles. The first kappa shape index (κ1) is 15.4. The predicted molar refractivity (Wildman–Crippen MR) is 87.6 cm³/mol. The standard InChI is InChI=1S/C16H21N3O2S/c1-4-12-18-10(3)13-9(2)14(22-16(13)19-12)15(20)17-8-11-6-5-7-21-11/h11H,4-8H2,1-3H3,(H,17,20). The van der Waals surface area contributed by atoms with Gasteiger partial charge in [0.25, 0.3) is 5.91 Å². The van der Waals surface area contributed by atoms with Gasteiger partial charge in [-0.1, -0.05) is 6.92 Å². The molecule has 5 nitrogen and oxygen atoms in total. The topological polar surface area (TPSA) is 64.1 Å². The zero-order valence-corrected chi connectivity index (χ0v) is 14.0. The van der Waals surface area contributed by atoms with E-state index >= 15 is 0 Å². The van der Waals surface area contributed by atoms with Crippen molar-refractivity contribution in [3.63, 3.8) is 0 Å². The van der Waals surface area contributed by atoms with Gasteiger partial charge in [0.2, 0.25) is 0 Å². The van der Waals surface area contributed by atoms with Crippen LogP contribution in [0.5, 0.6) is 0 Å². The number of hydrogen-bond donors (Lipinski definition) is 1. The maximum absolute atomic E-state index is 12.5. The molecule has 3 heterocycles. The molecule has 0 spiro atoms. The highest BCUT2D eigenvalue weighted by molar-refractivity contribution is 7.20. The maximum Gasteiger partial charge on any atom is 0.261 e. The number of carbonyl (C=O) groups is 1. The number of fused-ring (bicyclic) bond motifs is 1. The fourth-order valence-electron chi connectivity index (χ4n) is 2.86. The molecule has 1 aliphatic heterocycles. The molecule has 0 bridgehead atoms. The highest BCUT2D eigenvalue weighted by atomic mass is 32.1. The van der Waals surface area contributed by atoms with Crippen LogP contribution >= 0.6 is 11.3 Å². The molecule has 1 aliphatic rings. The van der Waals surface area contributed by atoms with Gasteiger partial charge in [-0.25, -0.2) is 9.97 Å². The minimum absolute atomic E-state index is 0.0338. The molecule has 118 valence electrons. The molecule has 2 aromatic rings. The molecule has 22 heavy (non-hydrogen) atoms. The van der Waals surface area contributed by atoms with E-state index in [1.165, 1.54) is 11.3 Å². The van der Waals surface area contributed by atoms with Gasteiger partial charge in [-0.05, 0) is 32.3 Å². The Labute approximate surface area is 134 Å². The first-order chi connectivity index (χ1) is 10.6. The number of nitrogens with zero attached hydrogens (tertiary/aromatic N) is 2. The average Bonchev–Trinajstić information content (AvgIpc) is 3.12. The Morgan fingerprint density at radius 3 is 2.91 bits per heavy atom. The molecule has 2 aromatic heterocycles. The van der Waals surface area contributed by atoms with Crippen molar-refractivity contribution in [3.8, 4) is 0 Å². The summed E-state index contributed by atoms with van der Waals surface area (Å²) in [5.74, 6) is 0.797. The van der Waals surface area contributed by atoms with Gasteiger partial charge in [-0.3, -0.25) is 4.79 Å². The summed E-state index contributed by atoms with van der Waals surface area (Å²) in [6.45, 7) is 7.38. The summed E-state index contributed by atoms with van der Waals surface area (Å²) in [6.07, 6.45) is 3.06. The molecule has 0 aromatic carbocycles. The van der Waals surface area contributed by atoms with Crippen LogP contribution < -0.4 is 5.32 Å². The monoisotopic (exact) mass is 319 g/mol. The van der Waals surface area contributed by atoms with Crippen molar-refractivity contribution >= 4 is 27.5 Å². The second-order valence-electron chi connectivity index (χ2n) is 5.66. The highest BCUT2D eigenvalue weighted by Gasteiger charge is 2.21. The van der Waals surface area contributed by atoms with E-state index in [1.807, 2.05) is 20.8 Å². The molecular formula is C16H21N3O2S. The lowest BCUT2D eigenvalue weighted by Gasteiger charge is -2.10. The Kier molecular flexibility index (Phi) is 4.40. The zero-order valence-electron chi connectivity index (χ0n) is 13.2. The molecule has 1 amide bonds. The van der Waals surface area contributed by atoms with E-state index in [-0.39, 0.29) is 12.0 Å². The maximum atomic E-state index is 12.5. The second kappa shape index (κ2) is 6.30. The number of thiophene rings is 1. The highest BCUT2D eigenvalue weighted by Crippen LogP contribution is 2.31. The van der Waals surface area contributed by atoms with E-state index in [9.17, 15) is 4.79 Å². The van der Waals surface area contributed by atoms with Crippen LogP contribution in [0.25, 0.3) is 10.2 Å². The van der Waals surface area contributed by atoms with Gasteiger partial charge in [0.15, 0.2) is 0 Å². The lowest BCUT2D eigenvalue weighted by Crippen LogP contribution is -2.31. The first-order valence-corrected chi connectivity index (χ1v) is 8.58. The summed E-state index contributed by atoms with van der Waals surface area (Å²) >= 11 is 1.45. The van der Waals surface area contributed by atoms with Gasteiger partial charge < -0.3 is 10.1 Å². The van der Waals surface area contributed by atoms with Crippen molar-refractivity contribution in [1.29, 1.82) is 0 Å². The number of ether oxygens (including phenoxy) is 1. The van der Waals surface area contributed by atoms with E-state index < -0.39 is 0 Å². The van der Waals surface area contributed by atoms with Crippen LogP contribution in [0.3, 0.4) is 0 Å². The third-order valence-electron chi connectivity index (χ3n) is 4.05. The van der Waals surface area contributed by atoms with E-state index in [0.717, 1.165) is 58.0 Å². The van der Waals surface area contributed by atoms with Crippen molar-refractivity contribution in [2.75, 3.05) is 13.2 Å². The van der Waals surface area contributed by atoms with Crippen LogP contribution in [0.4, 0.5) is 0 Å². The number of nitrogens with one attached hydrogen (secondary N) is 1. The number of aryl methyl sites for hydroxylation is 3. The Balaban J connectivity index is 1.85. The molecule has 0 radical (unpaired) electrons. The van der Waals surface area contributed by atoms with Crippen molar-refractivity contribution in [2.24, 2.45) is 0 Å². The zero-order chi connectivity index (χ0) is 15.7. The second-order valence-corrected chi connectivity index (χ2v) is 6.66. The van der Waals surface area contributed by atoms with E-state index in [2.05, 4.69) is 15.3 Å². The smallest absolute Gasteiger partial charge is 0.261 e. The SMILES string of the molecule is CCc1nc(C)c2c(C)c(C(=O)NCC3CCCO3)sc2n1. The number of amides is 1. The number of aromatic nitrogens is 2. The molecule has 1 fully saturated rings. The van der Waals surface area contributed by atoms with Crippen LogP contribution in [0.2, 0.25) is 0 Å². The summed E-state index contributed by atoms with van der Waals surface area (Å²) in [7, 11) is 0. The van der Waals surface area contributed by atoms with Crippen LogP contribution in [0, 0.1) is 13.8 Å². The largest absolute Gasteiger partial charge is 0.376 e. The summed E-state index contributed by atoms with van der Waals surface area (Å²) in [5.41, 5.74) is 1.93. The fourth-order valence-corrected chi connectivity index (χ4v) is 4.03. The van der Waals surface area contributed by atoms with Crippen LogP contribution in [0.15, 0.2) is 0 Å². The minimum atomic E-state index is -0.0338. The molecule has 0 aliphatic carbocycles. The normalized spacial score (nSPS) is 18.0. The van der Waals surface area contributed by atoms with E-state index in [0.29, 0.717) is 6.54 Å². The third kappa shape index (κ3) is 2.85. The Morgan fingerprint density at radius 2 is 2.23 bits per heavy atom. The molecule has 1 N–H and O–H groups in total. The van der Waals surface area contributed by atoms with Crippen molar-refractivity contribution in [1.82, 2.24) is 15.3 Å². The summed E-state index contributed by atoms with van der Waals surface area (Å²) < 4.78 is 5.54. The lowest BCUT2D eigenvalue weighted by atomic mass is 10.1. The predicted octanol–water partition coefficient (Wildman–Crippen LogP) is 2.78. The molecule has 6 heteroatoms. The van der Waals surface area contributed by atoms with Gasteiger partial charge in [-0.2, -0.15) is 0 Å². The first-order valence-electron chi connectivity index (χ1n) is 7.76. The summed E-state index contributed by atoms with van der Waals surface area (Å²) in [6, 6.07) is 0. The van der Waals surface area contributed by atoms with Crippen molar-refractivity contribution in [2.45, 2.75) is 46.1 Å². The van der Waals surface area contributed by atoms with Crippen LogP contribution in [-0.4, -0.2) is 35.1 Å². The molecule has 1 atom stereocenters. The van der Waals surface area contributed by atoms with Crippen LogP contribution in [-0.2, 0) is 11.2 Å². The average molecular weight is 319 g/mol. The Bertz CT molecular complexity index is 705. The van der Waals surface area contributed by atoms with Gasteiger partial charge in [0.1, 0.15) is 10.7 Å². The molecule has 1 unspecified atom stereocenters. The molecule has 3 rings (SSSR count).